The molecular formula is C16H13F3N4O3S2. The summed E-state index contributed by atoms with van der Waals surface area (Å²) in [5.74, 6) is -1.42. The lowest BCUT2D eigenvalue weighted by atomic mass is 10.4. The number of aryl methyl sites for hydroxylation is 1. The Kier molecular flexibility index (Phi) is 5.02. The van der Waals surface area contributed by atoms with E-state index in [9.17, 15) is 26.4 Å². The van der Waals surface area contributed by atoms with Crippen molar-refractivity contribution in [2.24, 2.45) is 0 Å². The lowest BCUT2D eigenvalue weighted by molar-refractivity contribution is -0.141. The number of sulfonamides is 1. The van der Waals surface area contributed by atoms with Crippen LogP contribution in [0.3, 0.4) is 0 Å². The molecule has 0 bridgehead atoms. The summed E-state index contributed by atoms with van der Waals surface area (Å²) < 4.78 is 66.5. The summed E-state index contributed by atoms with van der Waals surface area (Å²) in [6.45, 7) is 2.57. The average Bonchev–Trinajstić information content (AvgIpc) is 3.21. The summed E-state index contributed by atoms with van der Waals surface area (Å²) in [5.41, 5.74) is -1.32. The molecule has 0 aliphatic carbocycles. The van der Waals surface area contributed by atoms with Gasteiger partial charge >= 0.3 is 6.18 Å². The Labute approximate surface area is 162 Å². The van der Waals surface area contributed by atoms with Crippen molar-refractivity contribution in [2.75, 3.05) is 4.41 Å². The van der Waals surface area contributed by atoms with Gasteiger partial charge in [0.15, 0.2) is 11.5 Å². The largest absolute Gasteiger partial charge is 0.434 e. The maximum absolute atomic E-state index is 13.2. The number of hydrogen-bond acceptors (Lipinski definition) is 6. The molecule has 148 valence electrons. The topological polar surface area (TPSA) is 85.2 Å². The monoisotopic (exact) mass is 430 g/mol. The highest BCUT2D eigenvalue weighted by molar-refractivity contribution is 7.93. The zero-order chi connectivity index (χ0) is 20.7. The number of aromatic nitrogens is 3. The first-order chi connectivity index (χ1) is 13.0. The summed E-state index contributed by atoms with van der Waals surface area (Å²) in [5, 5.41) is 1.97. The van der Waals surface area contributed by atoms with Crippen molar-refractivity contribution >= 4 is 27.3 Å². The van der Waals surface area contributed by atoms with Crippen molar-refractivity contribution in [3.63, 3.8) is 0 Å². The van der Waals surface area contributed by atoms with E-state index in [0.29, 0.717) is 15.9 Å². The number of amides is 1. The Morgan fingerprint density at radius 3 is 2.32 bits per heavy atom. The molecule has 0 aliphatic heterocycles. The van der Waals surface area contributed by atoms with Gasteiger partial charge in [-0.05, 0) is 19.1 Å². The first kappa shape index (κ1) is 20.0. The molecule has 0 unspecified atom stereocenters. The molecule has 3 rings (SSSR count). The number of carbonyl (C=O) groups is 1. The van der Waals surface area contributed by atoms with Crippen molar-refractivity contribution in [3.8, 4) is 11.5 Å². The highest BCUT2D eigenvalue weighted by Crippen LogP contribution is 2.32. The third-order valence-corrected chi connectivity index (χ3v) is 6.09. The van der Waals surface area contributed by atoms with E-state index in [0.717, 1.165) is 18.3 Å². The zero-order valence-electron chi connectivity index (χ0n) is 14.5. The van der Waals surface area contributed by atoms with Gasteiger partial charge in [-0.2, -0.15) is 21.6 Å². The molecule has 2 aromatic heterocycles. The van der Waals surface area contributed by atoms with Crippen molar-refractivity contribution in [3.05, 3.63) is 52.6 Å². The second-order valence-corrected chi connectivity index (χ2v) is 8.45. The summed E-state index contributed by atoms with van der Waals surface area (Å²) in [4.78, 5) is 19.5. The molecule has 0 atom stereocenters. The first-order valence-electron chi connectivity index (χ1n) is 7.72. The molecule has 1 aromatic carbocycles. The standard InChI is InChI=1S/C16H13F3N4O3S2/c1-10-20-13(9-27-10)15-21-14(16(17,18)19)8-22(15)23(11(2)24)28(25,26)12-6-4-3-5-7-12/h3-9H,1-2H3. The van der Waals surface area contributed by atoms with Gasteiger partial charge in [-0.15, -0.1) is 15.8 Å². The van der Waals surface area contributed by atoms with Crippen molar-refractivity contribution < 1.29 is 26.4 Å². The molecule has 12 heteroatoms. The average molecular weight is 430 g/mol. The first-order valence-corrected chi connectivity index (χ1v) is 10.0. The van der Waals surface area contributed by atoms with E-state index in [1.807, 2.05) is 0 Å². The predicted octanol–water partition coefficient (Wildman–Crippen LogP) is 3.21. The third kappa shape index (κ3) is 3.64. The van der Waals surface area contributed by atoms with Gasteiger partial charge in [0, 0.05) is 12.3 Å². The van der Waals surface area contributed by atoms with Crippen LogP contribution in [0.25, 0.3) is 11.5 Å². The molecule has 0 saturated heterocycles. The minimum Gasteiger partial charge on any atom is -0.272 e. The number of hydrogen-bond donors (Lipinski definition) is 0. The van der Waals surface area contributed by atoms with Gasteiger partial charge in [-0.3, -0.25) is 4.79 Å². The summed E-state index contributed by atoms with van der Waals surface area (Å²) in [6.07, 6.45) is -4.38. The van der Waals surface area contributed by atoms with Gasteiger partial charge in [-0.25, -0.2) is 14.6 Å². The van der Waals surface area contributed by atoms with Crippen LogP contribution in [0.4, 0.5) is 13.2 Å². The fourth-order valence-corrected chi connectivity index (χ4v) is 4.40. The molecule has 0 N–H and O–H groups in total. The normalized spacial score (nSPS) is 12.2. The van der Waals surface area contributed by atoms with Crippen molar-refractivity contribution in [2.45, 2.75) is 24.9 Å². The molecule has 0 saturated carbocycles. The van der Waals surface area contributed by atoms with Crippen LogP contribution < -0.4 is 4.41 Å². The number of rotatable bonds is 4. The van der Waals surface area contributed by atoms with Crippen molar-refractivity contribution in [1.29, 1.82) is 0 Å². The van der Waals surface area contributed by atoms with E-state index in [2.05, 4.69) is 9.97 Å². The Morgan fingerprint density at radius 1 is 1.18 bits per heavy atom. The van der Waals surface area contributed by atoms with E-state index in [4.69, 9.17) is 0 Å². The van der Waals surface area contributed by atoms with Crippen LogP contribution in [0.1, 0.15) is 17.6 Å². The lowest BCUT2D eigenvalue weighted by Crippen LogP contribution is -2.44. The summed E-state index contributed by atoms with van der Waals surface area (Å²) in [7, 11) is -4.49. The molecule has 0 fully saturated rings. The molecule has 0 radical (unpaired) electrons. The Hall–Kier alpha value is -2.73. The number of halogens is 3. The molecule has 7 nitrogen and oxygen atoms in total. The number of nitrogens with zero attached hydrogens (tertiary/aromatic N) is 4. The molecule has 2 heterocycles. The molecule has 1 amide bonds. The van der Waals surface area contributed by atoms with Gasteiger partial charge in [0.2, 0.25) is 0 Å². The Morgan fingerprint density at radius 2 is 1.82 bits per heavy atom. The number of benzene rings is 1. The smallest absolute Gasteiger partial charge is 0.272 e. The molecule has 28 heavy (non-hydrogen) atoms. The summed E-state index contributed by atoms with van der Waals surface area (Å²) in [6, 6.07) is 6.91. The highest BCUT2D eigenvalue weighted by Gasteiger charge is 2.39. The zero-order valence-corrected chi connectivity index (χ0v) is 16.1. The van der Waals surface area contributed by atoms with Gasteiger partial charge in [0.25, 0.3) is 15.9 Å². The molecular weight excluding hydrogens is 417 g/mol. The fraction of sp³-hybridized carbons (Fsp3) is 0.188. The van der Waals surface area contributed by atoms with Gasteiger partial charge in [-0.1, -0.05) is 18.2 Å². The van der Waals surface area contributed by atoms with Crippen LogP contribution in [0.2, 0.25) is 0 Å². The molecule has 3 aromatic rings. The quantitative estimate of drug-likeness (QED) is 0.635. The van der Waals surface area contributed by atoms with Gasteiger partial charge in [0.1, 0.15) is 5.69 Å². The van der Waals surface area contributed by atoms with Crippen LogP contribution in [-0.2, 0) is 21.0 Å². The van der Waals surface area contributed by atoms with Gasteiger partial charge in [0.05, 0.1) is 16.1 Å². The second kappa shape index (κ2) is 7.02. The maximum Gasteiger partial charge on any atom is 0.434 e. The van der Waals surface area contributed by atoms with E-state index < -0.39 is 33.6 Å². The van der Waals surface area contributed by atoms with E-state index in [1.54, 1.807) is 13.0 Å². The number of carbonyl (C=O) groups excluding carboxylic acids is 1. The van der Waals surface area contributed by atoms with Crippen LogP contribution in [0.15, 0.2) is 46.8 Å². The van der Waals surface area contributed by atoms with Crippen molar-refractivity contribution in [1.82, 2.24) is 14.6 Å². The van der Waals surface area contributed by atoms with Crippen LogP contribution >= 0.6 is 11.3 Å². The maximum atomic E-state index is 13.2. The minimum atomic E-state index is -4.84. The highest BCUT2D eigenvalue weighted by atomic mass is 32.2. The number of thiazole rings is 1. The minimum absolute atomic E-state index is 0.0208. The molecule has 0 aliphatic rings. The van der Waals surface area contributed by atoms with E-state index in [-0.39, 0.29) is 15.0 Å². The van der Waals surface area contributed by atoms with E-state index >= 15 is 0 Å². The van der Waals surface area contributed by atoms with Crippen LogP contribution in [0.5, 0.6) is 0 Å². The number of imidazole rings is 1. The number of alkyl halides is 3. The Balaban J connectivity index is 2.27. The van der Waals surface area contributed by atoms with Crippen LogP contribution in [-0.4, -0.2) is 29.0 Å². The Bertz CT molecular complexity index is 1120. The molecule has 0 spiro atoms. The fourth-order valence-electron chi connectivity index (χ4n) is 2.42. The predicted molar refractivity (Wildman–Crippen MR) is 95.6 cm³/mol. The SMILES string of the molecule is CC(=O)N(n1cc(C(F)(F)F)nc1-c1csc(C)n1)S(=O)(=O)c1ccccc1. The lowest BCUT2D eigenvalue weighted by Gasteiger charge is -2.23. The second-order valence-electron chi connectivity index (χ2n) is 5.62. The van der Waals surface area contributed by atoms with E-state index in [1.165, 1.54) is 29.6 Å². The van der Waals surface area contributed by atoms with Crippen LogP contribution in [0, 0.1) is 6.92 Å². The summed E-state index contributed by atoms with van der Waals surface area (Å²) >= 11 is 1.15. The third-order valence-electron chi connectivity index (χ3n) is 3.56. The van der Waals surface area contributed by atoms with Gasteiger partial charge < -0.3 is 0 Å².